The lowest BCUT2D eigenvalue weighted by Gasteiger charge is -2.22. The van der Waals surface area contributed by atoms with Gasteiger partial charge in [0, 0.05) is 17.8 Å². The van der Waals surface area contributed by atoms with Crippen molar-refractivity contribution in [3.05, 3.63) is 17.6 Å². The number of hydrogen-bond donors (Lipinski definition) is 2. The van der Waals surface area contributed by atoms with Gasteiger partial charge < -0.3 is 11.1 Å². The molecular weight excluding hydrogens is 200 g/mol. The van der Waals surface area contributed by atoms with Crippen LogP contribution in [0.15, 0.2) is 6.07 Å². The van der Waals surface area contributed by atoms with E-state index in [0.717, 1.165) is 23.8 Å². The monoisotopic (exact) mass is 222 g/mol. The fourth-order valence-corrected chi connectivity index (χ4v) is 1.73. The standard InChI is InChI=1S/C12H22N4/c1-8(2)11(5-6-13)16-12-7-9(3)14-10(4)15-12/h7-8,11H,5-6,13H2,1-4H3,(H,14,15,16). The zero-order chi connectivity index (χ0) is 12.1. The Balaban J connectivity index is 2.76. The molecule has 0 radical (unpaired) electrons. The first kappa shape index (κ1) is 12.9. The van der Waals surface area contributed by atoms with Crippen LogP contribution in [-0.4, -0.2) is 22.6 Å². The number of nitrogens with one attached hydrogen (secondary N) is 1. The lowest BCUT2D eigenvalue weighted by Crippen LogP contribution is -2.29. The van der Waals surface area contributed by atoms with Crippen molar-refractivity contribution in [3.8, 4) is 0 Å². The number of hydrogen-bond acceptors (Lipinski definition) is 4. The van der Waals surface area contributed by atoms with Gasteiger partial charge in [-0.2, -0.15) is 0 Å². The Hall–Kier alpha value is -1.16. The maximum Gasteiger partial charge on any atom is 0.130 e. The summed E-state index contributed by atoms with van der Waals surface area (Å²) in [7, 11) is 0. The van der Waals surface area contributed by atoms with Gasteiger partial charge in [-0.05, 0) is 32.7 Å². The summed E-state index contributed by atoms with van der Waals surface area (Å²) in [6, 6.07) is 2.34. The van der Waals surface area contributed by atoms with Gasteiger partial charge >= 0.3 is 0 Å². The smallest absolute Gasteiger partial charge is 0.130 e. The minimum Gasteiger partial charge on any atom is -0.367 e. The third-order valence-electron chi connectivity index (χ3n) is 2.58. The Labute approximate surface area is 97.7 Å². The van der Waals surface area contributed by atoms with Crippen LogP contribution in [0, 0.1) is 19.8 Å². The van der Waals surface area contributed by atoms with Gasteiger partial charge in [-0.25, -0.2) is 9.97 Å². The third kappa shape index (κ3) is 3.77. The van der Waals surface area contributed by atoms with Crippen molar-refractivity contribution < 1.29 is 0 Å². The van der Waals surface area contributed by atoms with E-state index in [2.05, 4.69) is 29.1 Å². The fourth-order valence-electron chi connectivity index (χ4n) is 1.73. The first-order valence-electron chi connectivity index (χ1n) is 5.81. The second-order valence-corrected chi connectivity index (χ2v) is 4.51. The van der Waals surface area contributed by atoms with Crippen LogP contribution in [0.5, 0.6) is 0 Å². The van der Waals surface area contributed by atoms with E-state index in [1.807, 2.05) is 19.9 Å². The molecule has 0 fully saturated rings. The Morgan fingerprint density at radius 2 is 2.00 bits per heavy atom. The highest BCUT2D eigenvalue weighted by atomic mass is 15.0. The SMILES string of the molecule is Cc1cc(NC(CCN)C(C)C)nc(C)n1. The molecule has 0 amide bonds. The van der Waals surface area contributed by atoms with Crippen molar-refractivity contribution in [2.75, 3.05) is 11.9 Å². The quantitative estimate of drug-likeness (QED) is 0.798. The number of aromatic nitrogens is 2. The summed E-state index contributed by atoms with van der Waals surface area (Å²) < 4.78 is 0. The Morgan fingerprint density at radius 3 is 2.50 bits per heavy atom. The van der Waals surface area contributed by atoms with Gasteiger partial charge in [-0.3, -0.25) is 0 Å². The minimum absolute atomic E-state index is 0.374. The number of aryl methyl sites for hydroxylation is 2. The van der Waals surface area contributed by atoms with Crippen LogP contribution in [0.1, 0.15) is 31.8 Å². The summed E-state index contributed by atoms with van der Waals surface area (Å²) >= 11 is 0. The normalized spacial score (nSPS) is 12.9. The molecule has 0 saturated heterocycles. The zero-order valence-electron chi connectivity index (χ0n) is 10.6. The molecular formula is C12H22N4. The van der Waals surface area contributed by atoms with Gasteiger partial charge in [-0.15, -0.1) is 0 Å². The summed E-state index contributed by atoms with van der Waals surface area (Å²) in [5, 5.41) is 3.43. The molecule has 0 aromatic carbocycles. The second kappa shape index (κ2) is 5.80. The van der Waals surface area contributed by atoms with E-state index in [-0.39, 0.29) is 0 Å². The van der Waals surface area contributed by atoms with E-state index < -0.39 is 0 Å². The minimum atomic E-state index is 0.374. The van der Waals surface area contributed by atoms with E-state index >= 15 is 0 Å². The number of anilines is 1. The van der Waals surface area contributed by atoms with E-state index in [4.69, 9.17) is 5.73 Å². The molecule has 1 aromatic rings. The molecule has 0 aliphatic heterocycles. The largest absolute Gasteiger partial charge is 0.367 e. The molecule has 1 aromatic heterocycles. The molecule has 0 spiro atoms. The molecule has 3 N–H and O–H groups in total. The molecule has 1 atom stereocenters. The van der Waals surface area contributed by atoms with Gasteiger partial charge in [0.2, 0.25) is 0 Å². The second-order valence-electron chi connectivity index (χ2n) is 4.51. The number of rotatable bonds is 5. The number of nitrogens with zero attached hydrogens (tertiary/aromatic N) is 2. The van der Waals surface area contributed by atoms with Crippen LogP contribution in [0.4, 0.5) is 5.82 Å². The first-order chi connectivity index (χ1) is 7.52. The van der Waals surface area contributed by atoms with Gasteiger partial charge in [0.05, 0.1) is 0 Å². The maximum absolute atomic E-state index is 5.61. The lowest BCUT2D eigenvalue weighted by atomic mass is 10.0. The van der Waals surface area contributed by atoms with Crippen LogP contribution < -0.4 is 11.1 Å². The summed E-state index contributed by atoms with van der Waals surface area (Å²) in [5.74, 6) is 2.24. The Kier molecular flexibility index (Phi) is 4.68. The Bertz CT molecular complexity index is 316. The lowest BCUT2D eigenvalue weighted by molar-refractivity contribution is 0.497. The average Bonchev–Trinajstić information content (AvgIpc) is 2.15. The van der Waals surface area contributed by atoms with Crippen molar-refractivity contribution in [2.24, 2.45) is 11.7 Å². The molecule has 1 heterocycles. The highest BCUT2D eigenvalue weighted by Crippen LogP contribution is 2.13. The van der Waals surface area contributed by atoms with Crippen molar-refractivity contribution in [2.45, 2.75) is 40.2 Å². The number of nitrogens with two attached hydrogens (primary N) is 1. The van der Waals surface area contributed by atoms with E-state index in [1.165, 1.54) is 0 Å². The predicted octanol–water partition coefficient (Wildman–Crippen LogP) is 1.88. The molecule has 4 heteroatoms. The van der Waals surface area contributed by atoms with E-state index in [0.29, 0.717) is 18.5 Å². The molecule has 4 nitrogen and oxygen atoms in total. The van der Waals surface area contributed by atoms with Gasteiger partial charge in [-0.1, -0.05) is 13.8 Å². The van der Waals surface area contributed by atoms with Gasteiger partial charge in [0.25, 0.3) is 0 Å². The summed E-state index contributed by atoms with van der Waals surface area (Å²) in [4.78, 5) is 8.63. The van der Waals surface area contributed by atoms with Crippen LogP contribution >= 0.6 is 0 Å². The van der Waals surface area contributed by atoms with Crippen molar-refractivity contribution in [3.63, 3.8) is 0 Å². The summed E-state index contributed by atoms with van der Waals surface area (Å²) in [5.41, 5.74) is 6.60. The average molecular weight is 222 g/mol. The molecule has 90 valence electrons. The summed E-state index contributed by atoms with van der Waals surface area (Å²) in [6.45, 7) is 8.96. The van der Waals surface area contributed by atoms with Crippen molar-refractivity contribution in [1.82, 2.24) is 9.97 Å². The zero-order valence-corrected chi connectivity index (χ0v) is 10.6. The van der Waals surface area contributed by atoms with Crippen LogP contribution in [0.2, 0.25) is 0 Å². The summed E-state index contributed by atoms with van der Waals surface area (Å²) in [6.07, 6.45) is 0.958. The van der Waals surface area contributed by atoms with Crippen LogP contribution in [0.3, 0.4) is 0 Å². The highest BCUT2D eigenvalue weighted by Gasteiger charge is 2.13. The molecule has 0 bridgehead atoms. The molecule has 0 aliphatic carbocycles. The molecule has 1 rings (SSSR count). The molecule has 0 saturated carbocycles. The predicted molar refractivity (Wildman–Crippen MR) is 67.4 cm³/mol. The topological polar surface area (TPSA) is 63.8 Å². The Morgan fingerprint density at radius 1 is 1.31 bits per heavy atom. The molecule has 0 aliphatic rings. The van der Waals surface area contributed by atoms with E-state index in [9.17, 15) is 0 Å². The third-order valence-corrected chi connectivity index (χ3v) is 2.58. The van der Waals surface area contributed by atoms with Crippen LogP contribution in [-0.2, 0) is 0 Å². The van der Waals surface area contributed by atoms with E-state index in [1.54, 1.807) is 0 Å². The van der Waals surface area contributed by atoms with Crippen molar-refractivity contribution >= 4 is 5.82 Å². The van der Waals surface area contributed by atoms with Crippen LogP contribution in [0.25, 0.3) is 0 Å². The molecule has 1 unspecified atom stereocenters. The van der Waals surface area contributed by atoms with Gasteiger partial charge in [0.1, 0.15) is 11.6 Å². The van der Waals surface area contributed by atoms with Crippen molar-refractivity contribution in [1.29, 1.82) is 0 Å². The first-order valence-corrected chi connectivity index (χ1v) is 5.81. The maximum atomic E-state index is 5.61. The highest BCUT2D eigenvalue weighted by molar-refractivity contribution is 5.37. The molecule has 16 heavy (non-hydrogen) atoms. The fraction of sp³-hybridized carbons (Fsp3) is 0.667. The van der Waals surface area contributed by atoms with Gasteiger partial charge in [0.15, 0.2) is 0 Å².